The first-order valence-corrected chi connectivity index (χ1v) is 11.6. The highest BCUT2D eigenvalue weighted by Gasteiger charge is 2.37. The van der Waals surface area contributed by atoms with Crippen molar-refractivity contribution in [3.8, 4) is 17.8 Å². The SMILES string of the molecule is CCOC(=O)c1ccc(-n2c(C)cc(/C=C(/C#N)C3=NN(c4ccccc4)[C@@H](N)[C@H]3C#N)c2C)cc1. The van der Waals surface area contributed by atoms with E-state index in [-0.39, 0.29) is 11.5 Å². The van der Waals surface area contributed by atoms with Crippen LogP contribution >= 0.6 is 0 Å². The number of para-hydroxylation sites is 1. The molecule has 8 heteroatoms. The minimum atomic E-state index is -0.755. The molecule has 36 heavy (non-hydrogen) atoms. The molecule has 0 radical (unpaired) electrons. The summed E-state index contributed by atoms with van der Waals surface area (Å²) in [6, 6.07) is 22.9. The summed E-state index contributed by atoms with van der Waals surface area (Å²) < 4.78 is 7.10. The lowest BCUT2D eigenvalue weighted by Crippen LogP contribution is -2.40. The smallest absolute Gasteiger partial charge is 0.338 e. The molecule has 1 aliphatic rings. The number of benzene rings is 2. The van der Waals surface area contributed by atoms with Gasteiger partial charge in [0.1, 0.15) is 18.2 Å². The summed E-state index contributed by atoms with van der Waals surface area (Å²) in [5.41, 5.74) is 11.8. The van der Waals surface area contributed by atoms with E-state index in [1.54, 1.807) is 30.1 Å². The number of hydrazone groups is 1. The standard InChI is InChI=1S/C28H26N6O2/c1-4-36-28(35)20-10-12-23(13-11-20)33-18(2)14-21(19(33)3)15-22(16-29)26-25(17-30)27(31)34(32-26)24-8-6-5-7-9-24/h5-15,25,27H,4,31H2,1-3H3/b22-15-/t25-,27+/m0/s1. The van der Waals surface area contributed by atoms with E-state index in [1.165, 1.54) is 0 Å². The van der Waals surface area contributed by atoms with Gasteiger partial charge in [-0.15, -0.1) is 0 Å². The van der Waals surface area contributed by atoms with Gasteiger partial charge in [-0.1, -0.05) is 18.2 Å². The fraction of sp³-hybridized carbons (Fsp3) is 0.214. The number of ether oxygens (including phenoxy) is 1. The maximum Gasteiger partial charge on any atom is 0.338 e. The van der Waals surface area contributed by atoms with Crippen LogP contribution in [0.3, 0.4) is 0 Å². The molecule has 0 saturated carbocycles. The summed E-state index contributed by atoms with van der Waals surface area (Å²) in [7, 11) is 0. The normalized spacial score (nSPS) is 17.3. The Morgan fingerprint density at radius 2 is 1.81 bits per heavy atom. The Bertz CT molecular complexity index is 1420. The van der Waals surface area contributed by atoms with Crippen LogP contribution in [0, 0.1) is 42.4 Å². The van der Waals surface area contributed by atoms with Gasteiger partial charge in [-0.2, -0.15) is 15.6 Å². The van der Waals surface area contributed by atoms with Gasteiger partial charge < -0.3 is 15.0 Å². The van der Waals surface area contributed by atoms with Gasteiger partial charge in [0.2, 0.25) is 0 Å². The minimum absolute atomic E-state index is 0.286. The predicted molar refractivity (Wildman–Crippen MR) is 138 cm³/mol. The Hall–Kier alpha value is -4.66. The van der Waals surface area contributed by atoms with Crippen molar-refractivity contribution in [2.24, 2.45) is 16.8 Å². The molecule has 0 saturated heterocycles. The zero-order valence-corrected chi connectivity index (χ0v) is 20.3. The molecule has 3 aromatic rings. The van der Waals surface area contributed by atoms with Crippen LogP contribution < -0.4 is 10.7 Å². The molecule has 180 valence electrons. The molecule has 8 nitrogen and oxygen atoms in total. The number of carbonyl (C=O) groups excluding carboxylic acids is 1. The molecule has 1 aromatic heterocycles. The van der Waals surface area contributed by atoms with Crippen LogP contribution in [0.5, 0.6) is 0 Å². The van der Waals surface area contributed by atoms with Crippen molar-refractivity contribution in [1.82, 2.24) is 4.57 Å². The largest absolute Gasteiger partial charge is 0.462 e. The third-order valence-electron chi connectivity index (χ3n) is 6.10. The summed E-state index contributed by atoms with van der Waals surface area (Å²) in [4.78, 5) is 12.0. The van der Waals surface area contributed by atoms with Crippen LogP contribution in [0.25, 0.3) is 11.8 Å². The van der Waals surface area contributed by atoms with E-state index in [9.17, 15) is 15.3 Å². The van der Waals surface area contributed by atoms with Crippen LogP contribution in [0.1, 0.15) is 34.2 Å². The minimum Gasteiger partial charge on any atom is -0.462 e. The van der Waals surface area contributed by atoms with Crippen molar-refractivity contribution in [3.63, 3.8) is 0 Å². The highest BCUT2D eigenvalue weighted by atomic mass is 16.5. The Morgan fingerprint density at radius 1 is 1.11 bits per heavy atom. The molecule has 0 spiro atoms. The molecule has 2 aromatic carbocycles. The molecule has 0 bridgehead atoms. The second kappa shape index (κ2) is 10.3. The number of anilines is 1. The summed E-state index contributed by atoms with van der Waals surface area (Å²) in [5, 5.41) is 26.0. The number of allylic oxidation sites excluding steroid dienone is 1. The van der Waals surface area contributed by atoms with Crippen LogP contribution in [0.15, 0.2) is 71.3 Å². The second-order valence-electron chi connectivity index (χ2n) is 8.36. The first-order chi connectivity index (χ1) is 17.4. The molecular weight excluding hydrogens is 452 g/mol. The topological polar surface area (TPSA) is 120 Å². The van der Waals surface area contributed by atoms with Crippen molar-refractivity contribution in [1.29, 1.82) is 10.5 Å². The van der Waals surface area contributed by atoms with E-state index in [2.05, 4.69) is 17.2 Å². The number of nitrogens with two attached hydrogens (primary N) is 1. The Labute approximate surface area is 210 Å². The van der Waals surface area contributed by atoms with Gasteiger partial charge in [0.05, 0.1) is 35.2 Å². The first-order valence-electron chi connectivity index (χ1n) is 11.6. The Morgan fingerprint density at radius 3 is 2.42 bits per heavy atom. The molecule has 0 unspecified atom stereocenters. The number of nitriles is 2. The van der Waals surface area contributed by atoms with Gasteiger partial charge in [-0.3, -0.25) is 0 Å². The van der Waals surface area contributed by atoms with Crippen LogP contribution in [0.4, 0.5) is 5.69 Å². The van der Waals surface area contributed by atoms with E-state index in [0.717, 1.165) is 28.3 Å². The lowest BCUT2D eigenvalue weighted by molar-refractivity contribution is 0.0526. The Balaban J connectivity index is 1.70. The van der Waals surface area contributed by atoms with Gasteiger partial charge in [-0.05, 0) is 74.9 Å². The van der Waals surface area contributed by atoms with Gasteiger partial charge >= 0.3 is 5.97 Å². The highest BCUT2D eigenvalue weighted by molar-refractivity contribution is 6.11. The molecule has 0 aliphatic carbocycles. The number of hydrogen-bond acceptors (Lipinski definition) is 7. The van der Waals surface area contributed by atoms with E-state index in [0.29, 0.717) is 17.9 Å². The van der Waals surface area contributed by atoms with E-state index in [4.69, 9.17) is 10.5 Å². The zero-order chi connectivity index (χ0) is 25.8. The predicted octanol–water partition coefficient (Wildman–Crippen LogP) is 4.48. The fourth-order valence-corrected chi connectivity index (χ4v) is 4.33. The number of esters is 1. The lowest BCUT2D eigenvalue weighted by Gasteiger charge is -2.21. The van der Waals surface area contributed by atoms with Crippen molar-refractivity contribution >= 4 is 23.4 Å². The maximum atomic E-state index is 12.0. The average Bonchev–Trinajstić information content (AvgIpc) is 3.37. The summed E-state index contributed by atoms with van der Waals surface area (Å²) in [6.07, 6.45) is 1.05. The number of carbonyl (C=O) groups is 1. The fourth-order valence-electron chi connectivity index (χ4n) is 4.33. The molecule has 0 amide bonds. The summed E-state index contributed by atoms with van der Waals surface area (Å²) >= 11 is 0. The maximum absolute atomic E-state index is 12.0. The molecule has 0 fully saturated rings. The van der Waals surface area contributed by atoms with E-state index < -0.39 is 12.1 Å². The molecule has 2 atom stereocenters. The lowest BCUT2D eigenvalue weighted by atomic mass is 9.95. The van der Waals surface area contributed by atoms with E-state index >= 15 is 0 Å². The second-order valence-corrected chi connectivity index (χ2v) is 8.36. The molecule has 4 rings (SSSR count). The van der Waals surface area contributed by atoms with Gasteiger partial charge in [-0.25, -0.2) is 9.80 Å². The van der Waals surface area contributed by atoms with E-state index in [1.807, 2.05) is 66.9 Å². The summed E-state index contributed by atoms with van der Waals surface area (Å²) in [5.74, 6) is -1.12. The highest BCUT2D eigenvalue weighted by Crippen LogP contribution is 2.30. The first kappa shape index (κ1) is 24.5. The average molecular weight is 479 g/mol. The molecular formula is C28H26N6O2. The van der Waals surface area contributed by atoms with Crippen LogP contribution in [-0.4, -0.2) is 29.0 Å². The van der Waals surface area contributed by atoms with Gasteiger partial charge in [0, 0.05) is 17.1 Å². The number of aromatic nitrogens is 1. The summed E-state index contributed by atoms with van der Waals surface area (Å²) in [6.45, 7) is 6.01. The third kappa shape index (κ3) is 4.50. The zero-order valence-electron chi connectivity index (χ0n) is 20.3. The number of aryl methyl sites for hydroxylation is 1. The third-order valence-corrected chi connectivity index (χ3v) is 6.10. The van der Waals surface area contributed by atoms with Gasteiger partial charge in [0.25, 0.3) is 0 Å². The molecule has 2 heterocycles. The van der Waals surface area contributed by atoms with Crippen molar-refractivity contribution in [2.45, 2.75) is 26.9 Å². The quantitative estimate of drug-likeness (QED) is 0.412. The monoisotopic (exact) mass is 478 g/mol. The molecule has 2 N–H and O–H groups in total. The van der Waals surface area contributed by atoms with Crippen molar-refractivity contribution < 1.29 is 9.53 Å². The van der Waals surface area contributed by atoms with Gasteiger partial charge in [0.15, 0.2) is 0 Å². The number of hydrogen-bond donors (Lipinski definition) is 1. The van der Waals surface area contributed by atoms with Crippen LogP contribution in [-0.2, 0) is 4.74 Å². The molecule has 1 aliphatic heterocycles. The van der Waals surface area contributed by atoms with Crippen molar-refractivity contribution in [2.75, 3.05) is 11.6 Å². The number of nitrogens with zero attached hydrogens (tertiary/aromatic N) is 5. The van der Waals surface area contributed by atoms with Crippen LogP contribution in [0.2, 0.25) is 0 Å². The van der Waals surface area contributed by atoms with Crippen molar-refractivity contribution in [3.05, 3.63) is 88.8 Å². The number of rotatable bonds is 6. The Kier molecular flexibility index (Phi) is 7.00.